The van der Waals surface area contributed by atoms with Crippen molar-refractivity contribution in [2.75, 3.05) is 0 Å². The van der Waals surface area contributed by atoms with Gasteiger partial charge < -0.3 is 10.3 Å². The number of nitrogens with two attached hydrogens (primary N) is 1. The Balaban J connectivity index is 2.39. The number of aryl methyl sites for hydroxylation is 1. The smallest absolute Gasteiger partial charge is 0.258 e. The van der Waals surface area contributed by atoms with Crippen molar-refractivity contribution in [1.29, 1.82) is 0 Å². The van der Waals surface area contributed by atoms with Crippen LogP contribution in [0.5, 0.6) is 0 Å². The number of hydrogen-bond acceptors (Lipinski definition) is 4. The van der Waals surface area contributed by atoms with Crippen molar-refractivity contribution in [3.05, 3.63) is 34.6 Å². The lowest BCUT2D eigenvalue weighted by atomic mass is 10.1. The quantitative estimate of drug-likeness (QED) is 0.872. The van der Waals surface area contributed by atoms with Crippen LogP contribution in [0, 0.1) is 6.92 Å². The molecule has 1 atom stereocenters. The SMILES string of the molecule is Cc1ccc(-c2nc(C(C)N)no2)cc1Cl. The Morgan fingerprint density at radius 3 is 2.75 bits per heavy atom. The number of benzene rings is 1. The summed E-state index contributed by atoms with van der Waals surface area (Å²) in [6, 6.07) is 5.36. The molecule has 0 saturated carbocycles. The van der Waals surface area contributed by atoms with Gasteiger partial charge in [-0.1, -0.05) is 22.8 Å². The summed E-state index contributed by atoms with van der Waals surface area (Å²) in [6.45, 7) is 3.74. The first-order chi connectivity index (χ1) is 7.58. The van der Waals surface area contributed by atoms with Gasteiger partial charge in [0.05, 0.1) is 6.04 Å². The highest BCUT2D eigenvalue weighted by molar-refractivity contribution is 6.31. The molecule has 0 spiro atoms. The van der Waals surface area contributed by atoms with E-state index in [0.29, 0.717) is 16.7 Å². The molecule has 1 aromatic heterocycles. The monoisotopic (exact) mass is 237 g/mol. The van der Waals surface area contributed by atoms with Gasteiger partial charge in [0.25, 0.3) is 5.89 Å². The molecular formula is C11H12ClN3O. The minimum atomic E-state index is -0.238. The second kappa shape index (κ2) is 4.23. The summed E-state index contributed by atoms with van der Waals surface area (Å²) >= 11 is 6.02. The van der Waals surface area contributed by atoms with Gasteiger partial charge in [0.1, 0.15) is 0 Å². The lowest BCUT2D eigenvalue weighted by molar-refractivity contribution is 0.418. The highest BCUT2D eigenvalue weighted by atomic mass is 35.5. The molecule has 0 radical (unpaired) electrons. The van der Waals surface area contributed by atoms with E-state index in [2.05, 4.69) is 10.1 Å². The molecule has 84 valence electrons. The van der Waals surface area contributed by atoms with Crippen molar-refractivity contribution in [2.24, 2.45) is 5.73 Å². The van der Waals surface area contributed by atoms with Gasteiger partial charge in [0.2, 0.25) is 0 Å². The summed E-state index contributed by atoms with van der Waals surface area (Å²) in [5.41, 5.74) is 7.46. The lowest BCUT2D eigenvalue weighted by Gasteiger charge is -1.98. The second-order valence-corrected chi connectivity index (χ2v) is 4.12. The molecule has 1 heterocycles. The first-order valence-electron chi connectivity index (χ1n) is 4.93. The Kier molecular flexibility index (Phi) is 2.94. The maximum atomic E-state index is 6.02. The summed E-state index contributed by atoms with van der Waals surface area (Å²) in [5.74, 6) is 0.931. The van der Waals surface area contributed by atoms with Gasteiger partial charge in [-0.3, -0.25) is 0 Å². The third kappa shape index (κ3) is 2.08. The molecule has 2 N–H and O–H groups in total. The van der Waals surface area contributed by atoms with Crippen molar-refractivity contribution in [1.82, 2.24) is 10.1 Å². The molecule has 4 nitrogen and oxygen atoms in total. The van der Waals surface area contributed by atoms with E-state index in [0.717, 1.165) is 11.1 Å². The van der Waals surface area contributed by atoms with Gasteiger partial charge in [-0.25, -0.2) is 0 Å². The maximum absolute atomic E-state index is 6.02. The van der Waals surface area contributed by atoms with Crippen molar-refractivity contribution >= 4 is 11.6 Å². The van der Waals surface area contributed by atoms with E-state index >= 15 is 0 Å². The van der Waals surface area contributed by atoms with E-state index in [1.165, 1.54) is 0 Å². The highest BCUT2D eigenvalue weighted by Crippen LogP contribution is 2.24. The minimum absolute atomic E-state index is 0.238. The van der Waals surface area contributed by atoms with Crippen molar-refractivity contribution in [2.45, 2.75) is 19.9 Å². The summed E-state index contributed by atoms with van der Waals surface area (Å²) in [7, 11) is 0. The summed E-state index contributed by atoms with van der Waals surface area (Å²) in [4.78, 5) is 4.19. The van der Waals surface area contributed by atoms with Crippen molar-refractivity contribution in [3.63, 3.8) is 0 Å². The van der Waals surface area contributed by atoms with Crippen LogP contribution in [-0.2, 0) is 0 Å². The standard InChI is InChI=1S/C11H12ClN3O/c1-6-3-4-8(5-9(6)12)11-14-10(7(2)13)15-16-11/h3-5,7H,13H2,1-2H3. The fourth-order valence-corrected chi connectivity index (χ4v) is 1.44. The van der Waals surface area contributed by atoms with Gasteiger partial charge in [-0.15, -0.1) is 0 Å². The van der Waals surface area contributed by atoms with Gasteiger partial charge in [0, 0.05) is 10.6 Å². The number of rotatable bonds is 2. The average molecular weight is 238 g/mol. The Labute approximate surface area is 98.4 Å². The van der Waals surface area contributed by atoms with Gasteiger partial charge in [0.15, 0.2) is 5.82 Å². The topological polar surface area (TPSA) is 64.9 Å². The van der Waals surface area contributed by atoms with Crippen molar-refractivity contribution < 1.29 is 4.52 Å². The van der Waals surface area contributed by atoms with Crippen LogP contribution in [0.25, 0.3) is 11.5 Å². The van der Waals surface area contributed by atoms with Crippen LogP contribution in [-0.4, -0.2) is 10.1 Å². The van der Waals surface area contributed by atoms with Gasteiger partial charge in [-0.2, -0.15) is 4.98 Å². The molecule has 0 aliphatic heterocycles. The van der Waals surface area contributed by atoms with E-state index in [1.54, 1.807) is 13.0 Å². The molecule has 0 aliphatic carbocycles. The maximum Gasteiger partial charge on any atom is 0.258 e. The number of aromatic nitrogens is 2. The Hall–Kier alpha value is -1.39. The van der Waals surface area contributed by atoms with Crippen molar-refractivity contribution in [3.8, 4) is 11.5 Å². The van der Waals surface area contributed by atoms with E-state index in [1.807, 2.05) is 19.1 Å². The molecule has 0 bridgehead atoms. The average Bonchev–Trinajstić information content (AvgIpc) is 2.71. The van der Waals surface area contributed by atoms with Crippen LogP contribution in [0.4, 0.5) is 0 Å². The van der Waals surface area contributed by atoms with E-state index in [-0.39, 0.29) is 6.04 Å². The van der Waals surface area contributed by atoms with Crippen LogP contribution in [0.1, 0.15) is 24.4 Å². The normalized spacial score (nSPS) is 12.8. The molecule has 0 fully saturated rings. The second-order valence-electron chi connectivity index (χ2n) is 3.71. The first kappa shape index (κ1) is 11.1. The third-order valence-corrected chi connectivity index (χ3v) is 2.67. The minimum Gasteiger partial charge on any atom is -0.334 e. The largest absolute Gasteiger partial charge is 0.334 e. The summed E-state index contributed by atoms with van der Waals surface area (Å²) < 4.78 is 5.11. The molecular weight excluding hydrogens is 226 g/mol. The van der Waals surface area contributed by atoms with Crippen LogP contribution in [0.15, 0.2) is 22.7 Å². The van der Waals surface area contributed by atoms with Gasteiger partial charge in [-0.05, 0) is 31.5 Å². The van der Waals surface area contributed by atoms with E-state index in [4.69, 9.17) is 21.9 Å². The fourth-order valence-electron chi connectivity index (χ4n) is 1.26. The molecule has 16 heavy (non-hydrogen) atoms. The molecule has 0 saturated heterocycles. The third-order valence-electron chi connectivity index (χ3n) is 2.27. The van der Waals surface area contributed by atoms with Crippen LogP contribution >= 0.6 is 11.6 Å². The number of hydrogen-bond donors (Lipinski definition) is 1. The highest BCUT2D eigenvalue weighted by Gasteiger charge is 2.12. The van der Waals surface area contributed by atoms with E-state index in [9.17, 15) is 0 Å². The van der Waals surface area contributed by atoms with Gasteiger partial charge >= 0.3 is 0 Å². The molecule has 2 rings (SSSR count). The predicted octanol–water partition coefficient (Wildman–Crippen LogP) is 2.72. The Bertz CT molecular complexity index is 508. The zero-order valence-electron chi connectivity index (χ0n) is 9.07. The Morgan fingerprint density at radius 1 is 1.44 bits per heavy atom. The molecule has 1 unspecified atom stereocenters. The van der Waals surface area contributed by atoms with Crippen LogP contribution in [0.3, 0.4) is 0 Å². The Morgan fingerprint density at radius 2 is 2.19 bits per heavy atom. The fraction of sp³-hybridized carbons (Fsp3) is 0.273. The molecule has 1 aromatic carbocycles. The number of halogens is 1. The predicted molar refractivity (Wildman–Crippen MR) is 62.1 cm³/mol. The van der Waals surface area contributed by atoms with Crippen LogP contribution in [0.2, 0.25) is 5.02 Å². The lowest BCUT2D eigenvalue weighted by Crippen LogP contribution is -2.06. The van der Waals surface area contributed by atoms with Crippen LogP contribution < -0.4 is 5.73 Å². The number of nitrogens with zero attached hydrogens (tertiary/aromatic N) is 2. The summed E-state index contributed by atoms with van der Waals surface area (Å²) in [5, 5.41) is 4.47. The summed E-state index contributed by atoms with van der Waals surface area (Å²) in [6.07, 6.45) is 0. The zero-order valence-corrected chi connectivity index (χ0v) is 9.82. The molecule has 0 amide bonds. The molecule has 5 heteroatoms. The molecule has 0 aliphatic rings. The first-order valence-corrected chi connectivity index (χ1v) is 5.31. The molecule has 2 aromatic rings. The zero-order chi connectivity index (χ0) is 11.7. The van der Waals surface area contributed by atoms with E-state index < -0.39 is 0 Å².